The van der Waals surface area contributed by atoms with Crippen molar-refractivity contribution in [1.82, 2.24) is 4.90 Å². The highest BCUT2D eigenvalue weighted by atomic mass is 16.5. The summed E-state index contributed by atoms with van der Waals surface area (Å²) in [5, 5.41) is 0.931. The molecule has 5 heteroatoms. The molecule has 0 bridgehead atoms. The molecule has 140 valence electrons. The summed E-state index contributed by atoms with van der Waals surface area (Å²) in [4.78, 5) is 15.0. The van der Waals surface area contributed by atoms with Gasteiger partial charge in [0.15, 0.2) is 0 Å². The second-order valence-corrected chi connectivity index (χ2v) is 7.01. The van der Waals surface area contributed by atoms with Crippen molar-refractivity contribution >= 4 is 11.0 Å². The molecular weight excluding hydrogens is 354 g/mol. The van der Waals surface area contributed by atoms with Gasteiger partial charge in [0.25, 0.3) is 0 Å². The number of aryl methyl sites for hydroxylation is 1. The summed E-state index contributed by atoms with van der Waals surface area (Å²) >= 11 is 0. The van der Waals surface area contributed by atoms with Crippen molar-refractivity contribution in [2.45, 2.75) is 20.0 Å². The van der Waals surface area contributed by atoms with Crippen molar-refractivity contribution in [2.75, 3.05) is 6.73 Å². The molecule has 0 saturated heterocycles. The van der Waals surface area contributed by atoms with Gasteiger partial charge in [-0.25, -0.2) is 4.79 Å². The summed E-state index contributed by atoms with van der Waals surface area (Å²) in [5.74, 6) is 1.63. The Morgan fingerprint density at radius 1 is 1.04 bits per heavy atom. The van der Waals surface area contributed by atoms with Crippen molar-refractivity contribution in [2.24, 2.45) is 0 Å². The smallest absolute Gasteiger partial charge is 0.344 e. The molecule has 0 spiro atoms. The third kappa shape index (κ3) is 2.80. The standard InChI is InChI=1S/C23H19NO4/c1-15-18-9-10-20-19(13-24(14-27-20)12-17-8-5-11-26-17)22(18)28-23(25)21(15)16-6-3-2-4-7-16/h2-11H,12-14H2,1H3. The maximum atomic E-state index is 12.8. The van der Waals surface area contributed by atoms with Crippen LogP contribution in [0.5, 0.6) is 5.75 Å². The number of ether oxygens (including phenoxy) is 1. The van der Waals surface area contributed by atoms with Crippen molar-refractivity contribution < 1.29 is 13.6 Å². The third-order valence-corrected chi connectivity index (χ3v) is 5.20. The van der Waals surface area contributed by atoms with E-state index < -0.39 is 0 Å². The molecule has 0 N–H and O–H groups in total. The van der Waals surface area contributed by atoms with Crippen LogP contribution in [0.25, 0.3) is 22.1 Å². The summed E-state index contributed by atoms with van der Waals surface area (Å²) < 4.78 is 17.2. The molecule has 2 aromatic heterocycles. The van der Waals surface area contributed by atoms with Crippen molar-refractivity contribution in [3.05, 3.63) is 88.2 Å². The Kier molecular flexibility index (Phi) is 4.02. The minimum Gasteiger partial charge on any atom is -0.478 e. The highest BCUT2D eigenvalue weighted by molar-refractivity contribution is 5.90. The van der Waals surface area contributed by atoms with Crippen LogP contribution in [0.15, 0.2) is 74.5 Å². The lowest BCUT2D eigenvalue weighted by molar-refractivity contribution is 0.0826. The zero-order valence-corrected chi connectivity index (χ0v) is 15.5. The normalized spacial score (nSPS) is 14.0. The van der Waals surface area contributed by atoms with E-state index in [2.05, 4.69) is 4.90 Å². The molecule has 0 saturated carbocycles. The zero-order chi connectivity index (χ0) is 19.1. The van der Waals surface area contributed by atoms with Gasteiger partial charge in [-0.05, 0) is 42.3 Å². The molecule has 3 heterocycles. The Labute approximate surface area is 161 Å². The molecule has 5 rings (SSSR count). The average molecular weight is 373 g/mol. The van der Waals surface area contributed by atoms with Gasteiger partial charge in [0.2, 0.25) is 0 Å². The lowest BCUT2D eigenvalue weighted by Gasteiger charge is -2.28. The topological polar surface area (TPSA) is 55.8 Å². The van der Waals surface area contributed by atoms with E-state index in [1.807, 2.05) is 61.5 Å². The fourth-order valence-corrected chi connectivity index (χ4v) is 3.83. The van der Waals surface area contributed by atoms with Crippen LogP contribution in [0.1, 0.15) is 16.9 Å². The Hall–Kier alpha value is -3.31. The first-order valence-electron chi connectivity index (χ1n) is 9.23. The minimum atomic E-state index is -0.326. The summed E-state index contributed by atoms with van der Waals surface area (Å²) in [6.07, 6.45) is 1.66. The summed E-state index contributed by atoms with van der Waals surface area (Å²) in [6, 6.07) is 17.4. The van der Waals surface area contributed by atoms with Crippen LogP contribution in [-0.2, 0) is 13.1 Å². The van der Waals surface area contributed by atoms with Gasteiger partial charge in [-0.3, -0.25) is 4.90 Å². The first-order chi connectivity index (χ1) is 13.7. The van der Waals surface area contributed by atoms with Gasteiger partial charge in [0.1, 0.15) is 23.8 Å². The van der Waals surface area contributed by atoms with Crippen LogP contribution in [0.4, 0.5) is 0 Å². The van der Waals surface area contributed by atoms with E-state index in [4.69, 9.17) is 13.6 Å². The van der Waals surface area contributed by atoms with Gasteiger partial charge in [-0.15, -0.1) is 0 Å². The minimum absolute atomic E-state index is 0.326. The lowest BCUT2D eigenvalue weighted by atomic mass is 9.97. The van der Waals surface area contributed by atoms with Crippen LogP contribution in [0, 0.1) is 6.92 Å². The molecule has 0 fully saturated rings. The number of hydrogen-bond acceptors (Lipinski definition) is 5. The van der Waals surface area contributed by atoms with Crippen molar-refractivity contribution in [3.63, 3.8) is 0 Å². The molecular formula is C23H19NO4. The fourth-order valence-electron chi connectivity index (χ4n) is 3.83. The van der Waals surface area contributed by atoms with E-state index in [0.29, 0.717) is 31.0 Å². The number of nitrogens with zero attached hydrogens (tertiary/aromatic N) is 1. The van der Waals surface area contributed by atoms with Gasteiger partial charge < -0.3 is 13.6 Å². The maximum Gasteiger partial charge on any atom is 0.344 e. The van der Waals surface area contributed by atoms with E-state index in [-0.39, 0.29) is 5.63 Å². The second kappa shape index (κ2) is 6.69. The van der Waals surface area contributed by atoms with Crippen LogP contribution in [0.3, 0.4) is 0 Å². The lowest BCUT2D eigenvalue weighted by Crippen LogP contribution is -2.31. The van der Waals surface area contributed by atoms with Crippen LogP contribution in [0.2, 0.25) is 0 Å². The highest BCUT2D eigenvalue weighted by Crippen LogP contribution is 2.35. The molecule has 28 heavy (non-hydrogen) atoms. The van der Waals surface area contributed by atoms with E-state index >= 15 is 0 Å². The highest BCUT2D eigenvalue weighted by Gasteiger charge is 2.24. The van der Waals surface area contributed by atoms with Crippen LogP contribution in [-0.4, -0.2) is 11.6 Å². The first kappa shape index (κ1) is 16.8. The molecule has 0 unspecified atom stereocenters. The van der Waals surface area contributed by atoms with Crippen molar-refractivity contribution in [1.29, 1.82) is 0 Å². The van der Waals surface area contributed by atoms with E-state index in [0.717, 1.165) is 33.6 Å². The monoisotopic (exact) mass is 373 g/mol. The molecule has 1 aliphatic heterocycles. The molecule has 1 aliphatic rings. The van der Waals surface area contributed by atoms with Crippen LogP contribution < -0.4 is 10.4 Å². The van der Waals surface area contributed by atoms with Crippen molar-refractivity contribution in [3.8, 4) is 16.9 Å². The van der Waals surface area contributed by atoms with E-state index in [1.165, 1.54) is 0 Å². The predicted molar refractivity (Wildman–Crippen MR) is 106 cm³/mol. The Bertz CT molecular complexity index is 1190. The Morgan fingerprint density at radius 3 is 2.68 bits per heavy atom. The molecule has 0 amide bonds. The molecule has 4 aromatic rings. The van der Waals surface area contributed by atoms with Gasteiger partial charge in [0, 0.05) is 11.9 Å². The molecule has 0 atom stereocenters. The van der Waals surface area contributed by atoms with Gasteiger partial charge in [0.05, 0.1) is 23.9 Å². The molecule has 2 aromatic carbocycles. The zero-order valence-electron chi connectivity index (χ0n) is 15.5. The fraction of sp³-hybridized carbons (Fsp3) is 0.174. The van der Waals surface area contributed by atoms with E-state index in [1.54, 1.807) is 6.26 Å². The predicted octanol–water partition coefficient (Wildman–Crippen LogP) is 4.71. The van der Waals surface area contributed by atoms with Gasteiger partial charge in [-0.2, -0.15) is 0 Å². The Balaban J connectivity index is 1.61. The number of furan rings is 1. The number of rotatable bonds is 3. The third-order valence-electron chi connectivity index (χ3n) is 5.20. The number of benzene rings is 2. The molecule has 0 radical (unpaired) electrons. The van der Waals surface area contributed by atoms with Gasteiger partial charge >= 0.3 is 5.63 Å². The average Bonchev–Trinajstić information content (AvgIpc) is 3.22. The van der Waals surface area contributed by atoms with Crippen LogP contribution >= 0.6 is 0 Å². The quantitative estimate of drug-likeness (QED) is 0.487. The first-order valence-corrected chi connectivity index (χ1v) is 9.23. The van der Waals surface area contributed by atoms with Gasteiger partial charge in [-0.1, -0.05) is 30.3 Å². The summed E-state index contributed by atoms with van der Waals surface area (Å²) in [5.41, 5.74) is 3.57. The number of hydrogen-bond donors (Lipinski definition) is 0. The largest absolute Gasteiger partial charge is 0.478 e. The van der Waals surface area contributed by atoms with E-state index in [9.17, 15) is 4.79 Å². The SMILES string of the molecule is Cc1c(-c2ccccc2)c(=O)oc2c3c(ccc12)OCN(Cc1ccco1)C3. The summed E-state index contributed by atoms with van der Waals surface area (Å²) in [7, 11) is 0. The second-order valence-electron chi connectivity index (χ2n) is 7.01. The number of fused-ring (bicyclic) bond motifs is 3. The molecule has 0 aliphatic carbocycles. The molecule has 5 nitrogen and oxygen atoms in total. The maximum absolute atomic E-state index is 12.8. The summed E-state index contributed by atoms with van der Waals surface area (Å²) in [6.45, 7) is 3.69. The Morgan fingerprint density at radius 2 is 1.89 bits per heavy atom.